The summed E-state index contributed by atoms with van der Waals surface area (Å²) in [5.41, 5.74) is 3.09. The van der Waals surface area contributed by atoms with Crippen LogP contribution in [0.2, 0.25) is 0 Å². The van der Waals surface area contributed by atoms with Crippen LogP contribution in [0.1, 0.15) is 57.6 Å². The second-order valence-corrected chi connectivity index (χ2v) is 6.96. The fraction of sp³-hybridized carbons (Fsp3) is 0.435. The molecule has 0 saturated carbocycles. The first-order valence-electron chi connectivity index (χ1n) is 9.87. The highest BCUT2D eigenvalue weighted by atomic mass is 16.5. The number of carbonyl (C=O) groups is 2. The van der Waals surface area contributed by atoms with Gasteiger partial charge in [0.25, 0.3) is 0 Å². The minimum atomic E-state index is -0.726. The van der Waals surface area contributed by atoms with Gasteiger partial charge in [-0.05, 0) is 38.3 Å². The minimum absolute atomic E-state index is 0.282. The highest BCUT2D eigenvalue weighted by Crippen LogP contribution is 2.43. The van der Waals surface area contributed by atoms with E-state index in [9.17, 15) is 14.9 Å². The number of nitriles is 1. The highest BCUT2D eigenvalue weighted by Gasteiger charge is 2.40. The summed E-state index contributed by atoms with van der Waals surface area (Å²) in [5, 5.41) is 9.64. The van der Waals surface area contributed by atoms with Crippen molar-refractivity contribution >= 4 is 11.9 Å². The van der Waals surface area contributed by atoms with Crippen molar-refractivity contribution in [2.75, 3.05) is 20.3 Å². The Hall–Kier alpha value is -3.07. The average Bonchev–Trinajstić information content (AvgIpc) is 2.73. The normalized spacial score (nSPS) is 14.7. The van der Waals surface area contributed by atoms with Crippen molar-refractivity contribution in [1.29, 1.82) is 5.26 Å². The molecule has 0 fully saturated rings. The van der Waals surface area contributed by atoms with Gasteiger partial charge in [-0.25, -0.2) is 9.59 Å². The zero-order valence-electron chi connectivity index (χ0n) is 17.7. The van der Waals surface area contributed by atoms with E-state index in [0.717, 1.165) is 0 Å². The van der Waals surface area contributed by atoms with Gasteiger partial charge < -0.3 is 14.4 Å². The lowest BCUT2D eigenvalue weighted by atomic mass is 9.78. The first-order chi connectivity index (χ1) is 13.9. The second kappa shape index (κ2) is 9.92. The third-order valence-corrected chi connectivity index (χ3v) is 5.07. The quantitative estimate of drug-likeness (QED) is 0.647. The molecule has 0 spiro atoms. The standard InChI is InChI=1S/C23H28N2O4/c1-6-12-28-22(26)19-15(3)25(5)16(4)20(23(27)29-13-7-2)21(19)18-11-9-8-10-17(18)14-24/h8-11,21H,6-7,12-13H2,1-5H3. The summed E-state index contributed by atoms with van der Waals surface area (Å²) in [6, 6.07) is 9.19. The van der Waals surface area contributed by atoms with Crippen molar-refractivity contribution in [1.82, 2.24) is 4.90 Å². The molecule has 1 aliphatic rings. The highest BCUT2D eigenvalue weighted by molar-refractivity contribution is 6.00. The molecule has 29 heavy (non-hydrogen) atoms. The van der Waals surface area contributed by atoms with Crippen LogP contribution in [0.3, 0.4) is 0 Å². The molecule has 0 saturated heterocycles. The summed E-state index contributed by atoms with van der Waals surface area (Å²) in [7, 11) is 1.80. The fourth-order valence-corrected chi connectivity index (χ4v) is 3.41. The van der Waals surface area contributed by atoms with E-state index in [4.69, 9.17) is 9.47 Å². The summed E-state index contributed by atoms with van der Waals surface area (Å²) in [5.74, 6) is -1.69. The van der Waals surface area contributed by atoms with Gasteiger partial charge in [0.2, 0.25) is 0 Å². The topological polar surface area (TPSA) is 79.6 Å². The maximum Gasteiger partial charge on any atom is 0.336 e. The lowest BCUT2D eigenvalue weighted by Gasteiger charge is -2.36. The minimum Gasteiger partial charge on any atom is -0.462 e. The number of hydrogen-bond donors (Lipinski definition) is 0. The number of allylic oxidation sites excluding steroid dienone is 2. The van der Waals surface area contributed by atoms with E-state index in [1.807, 2.05) is 27.7 Å². The summed E-state index contributed by atoms with van der Waals surface area (Å²) >= 11 is 0. The van der Waals surface area contributed by atoms with E-state index < -0.39 is 17.9 Å². The molecule has 0 atom stereocenters. The monoisotopic (exact) mass is 396 g/mol. The van der Waals surface area contributed by atoms with Crippen LogP contribution in [0.5, 0.6) is 0 Å². The maximum absolute atomic E-state index is 13.0. The van der Waals surface area contributed by atoms with Crippen LogP contribution in [-0.4, -0.2) is 37.1 Å². The van der Waals surface area contributed by atoms with Crippen molar-refractivity contribution in [2.24, 2.45) is 0 Å². The van der Waals surface area contributed by atoms with Crippen molar-refractivity contribution < 1.29 is 19.1 Å². The number of rotatable bonds is 7. The van der Waals surface area contributed by atoms with Crippen molar-refractivity contribution in [2.45, 2.75) is 46.5 Å². The van der Waals surface area contributed by atoms with E-state index in [-0.39, 0.29) is 13.2 Å². The number of esters is 2. The Bertz CT molecular complexity index is 848. The van der Waals surface area contributed by atoms with Crippen molar-refractivity contribution in [3.63, 3.8) is 0 Å². The van der Waals surface area contributed by atoms with E-state index in [2.05, 4.69) is 6.07 Å². The average molecular weight is 396 g/mol. The zero-order valence-corrected chi connectivity index (χ0v) is 17.7. The number of nitrogens with zero attached hydrogens (tertiary/aromatic N) is 2. The molecule has 6 heteroatoms. The molecule has 154 valence electrons. The third kappa shape index (κ3) is 4.51. The van der Waals surface area contributed by atoms with Crippen LogP contribution in [0.25, 0.3) is 0 Å². The van der Waals surface area contributed by atoms with Gasteiger partial charge in [0.1, 0.15) is 0 Å². The summed E-state index contributed by atoms with van der Waals surface area (Å²) in [6.07, 6.45) is 1.38. The number of carbonyl (C=O) groups excluding carboxylic acids is 2. The summed E-state index contributed by atoms with van der Waals surface area (Å²) < 4.78 is 10.9. The van der Waals surface area contributed by atoms with Crippen LogP contribution in [0, 0.1) is 11.3 Å². The second-order valence-electron chi connectivity index (χ2n) is 6.96. The van der Waals surface area contributed by atoms with Crippen LogP contribution in [0.15, 0.2) is 46.8 Å². The van der Waals surface area contributed by atoms with Gasteiger partial charge in [0.05, 0.1) is 41.9 Å². The molecule has 0 bridgehead atoms. The SMILES string of the molecule is CCCOC(=O)C1=C(C)N(C)C(C)=C(C(=O)OCCC)C1c1ccccc1C#N. The largest absolute Gasteiger partial charge is 0.462 e. The molecule has 2 rings (SSSR count). The van der Waals surface area contributed by atoms with Gasteiger partial charge in [0.15, 0.2) is 0 Å². The number of hydrogen-bond acceptors (Lipinski definition) is 6. The van der Waals surface area contributed by atoms with E-state index >= 15 is 0 Å². The van der Waals surface area contributed by atoms with Crippen LogP contribution < -0.4 is 0 Å². The predicted octanol–water partition coefficient (Wildman–Crippen LogP) is 4.04. The Balaban J connectivity index is 2.72. The van der Waals surface area contributed by atoms with E-state index in [1.54, 1.807) is 36.2 Å². The predicted molar refractivity (Wildman–Crippen MR) is 110 cm³/mol. The Morgan fingerprint density at radius 1 is 1.00 bits per heavy atom. The fourth-order valence-electron chi connectivity index (χ4n) is 3.41. The van der Waals surface area contributed by atoms with Crippen molar-refractivity contribution in [3.05, 3.63) is 57.9 Å². The number of benzene rings is 1. The lowest BCUT2D eigenvalue weighted by Crippen LogP contribution is -2.34. The van der Waals surface area contributed by atoms with E-state index in [0.29, 0.717) is 46.5 Å². The molecule has 0 amide bonds. The Kier molecular flexibility index (Phi) is 7.60. The Morgan fingerprint density at radius 2 is 1.48 bits per heavy atom. The molecule has 1 aliphatic heterocycles. The number of ether oxygens (including phenoxy) is 2. The molecule has 1 aromatic carbocycles. The summed E-state index contributed by atoms with van der Waals surface area (Å²) in [6.45, 7) is 8.04. The van der Waals surface area contributed by atoms with Crippen LogP contribution >= 0.6 is 0 Å². The van der Waals surface area contributed by atoms with E-state index in [1.165, 1.54) is 0 Å². The Labute approximate surface area is 172 Å². The molecular weight excluding hydrogens is 368 g/mol. The molecule has 0 N–H and O–H groups in total. The smallest absolute Gasteiger partial charge is 0.336 e. The first-order valence-corrected chi connectivity index (χ1v) is 9.87. The van der Waals surface area contributed by atoms with Gasteiger partial charge in [-0.15, -0.1) is 0 Å². The molecule has 0 aliphatic carbocycles. The molecule has 6 nitrogen and oxygen atoms in total. The van der Waals surface area contributed by atoms with Gasteiger partial charge in [-0.3, -0.25) is 0 Å². The Morgan fingerprint density at radius 3 is 1.93 bits per heavy atom. The molecule has 0 aromatic heterocycles. The maximum atomic E-state index is 13.0. The van der Waals surface area contributed by atoms with Gasteiger partial charge in [-0.2, -0.15) is 5.26 Å². The van der Waals surface area contributed by atoms with Crippen LogP contribution in [0.4, 0.5) is 0 Å². The first kappa shape index (κ1) is 22.2. The molecule has 1 aromatic rings. The molecule has 1 heterocycles. The zero-order chi connectivity index (χ0) is 21.6. The van der Waals surface area contributed by atoms with Gasteiger partial charge in [0, 0.05) is 18.4 Å². The van der Waals surface area contributed by atoms with Crippen molar-refractivity contribution in [3.8, 4) is 6.07 Å². The lowest BCUT2D eigenvalue weighted by molar-refractivity contribution is -0.140. The van der Waals surface area contributed by atoms with Crippen LogP contribution in [-0.2, 0) is 19.1 Å². The molecular formula is C23H28N2O4. The summed E-state index contributed by atoms with van der Waals surface area (Å²) in [4.78, 5) is 27.8. The van der Waals surface area contributed by atoms with Gasteiger partial charge in [-0.1, -0.05) is 32.0 Å². The van der Waals surface area contributed by atoms with Gasteiger partial charge >= 0.3 is 11.9 Å². The molecule has 0 radical (unpaired) electrons. The molecule has 0 unspecified atom stereocenters. The third-order valence-electron chi connectivity index (χ3n) is 5.07.